The number of rotatable bonds is 21. The zero-order valence-electron chi connectivity index (χ0n) is 19.9. The fraction of sp³-hybridized carbons (Fsp3) is 0.923. The summed E-state index contributed by atoms with van der Waals surface area (Å²) >= 11 is 0. The predicted molar refractivity (Wildman–Crippen MR) is 126 cm³/mol. The van der Waals surface area contributed by atoms with Crippen molar-refractivity contribution in [3.8, 4) is 0 Å². The van der Waals surface area contributed by atoms with E-state index in [0.29, 0.717) is 19.4 Å². The molecule has 1 fully saturated rings. The summed E-state index contributed by atoms with van der Waals surface area (Å²) in [6.45, 7) is 2.77. The molecule has 176 valence electrons. The first-order valence-electron chi connectivity index (χ1n) is 13.2. The van der Waals surface area contributed by atoms with E-state index in [2.05, 4.69) is 12.2 Å². The van der Waals surface area contributed by atoms with Gasteiger partial charge in [-0.2, -0.15) is 0 Å². The minimum Gasteiger partial charge on any atom is -0.464 e. The molecular weight excluding hydrogens is 374 g/mol. The quantitative estimate of drug-likeness (QED) is 0.156. The summed E-state index contributed by atoms with van der Waals surface area (Å²) in [4.78, 5) is 22.8. The Hall–Kier alpha value is -1.06. The van der Waals surface area contributed by atoms with Crippen LogP contribution in [0.25, 0.3) is 0 Å². The molecule has 0 aromatic heterocycles. The summed E-state index contributed by atoms with van der Waals surface area (Å²) in [6.07, 6.45) is 26.9. The van der Waals surface area contributed by atoms with Crippen LogP contribution >= 0.6 is 0 Å². The van der Waals surface area contributed by atoms with E-state index in [0.717, 1.165) is 12.8 Å². The Morgan fingerprint density at radius 2 is 1.13 bits per heavy atom. The van der Waals surface area contributed by atoms with Crippen LogP contribution in [0.3, 0.4) is 0 Å². The zero-order valence-corrected chi connectivity index (χ0v) is 19.9. The van der Waals surface area contributed by atoms with Gasteiger partial charge in [0.1, 0.15) is 6.04 Å². The fourth-order valence-corrected chi connectivity index (χ4v) is 4.24. The maximum absolute atomic E-state index is 11.7. The van der Waals surface area contributed by atoms with Crippen LogP contribution in [0.1, 0.15) is 142 Å². The molecule has 0 radical (unpaired) electrons. The largest absolute Gasteiger partial charge is 0.464 e. The molecule has 1 heterocycles. The monoisotopic (exact) mass is 423 g/mol. The first kappa shape index (κ1) is 27.0. The number of hydrogen-bond donors (Lipinski definition) is 1. The van der Waals surface area contributed by atoms with Gasteiger partial charge in [0, 0.05) is 6.42 Å². The molecular formula is C26H49NO3. The first-order valence-corrected chi connectivity index (χ1v) is 13.2. The van der Waals surface area contributed by atoms with E-state index >= 15 is 0 Å². The summed E-state index contributed by atoms with van der Waals surface area (Å²) < 4.78 is 5.25. The molecule has 0 aromatic rings. The highest BCUT2D eigenvalue weighted by atomic mass is 16.5. The van der Waals surface area contributed by atoms with Gasteiger partial charge in [0.2, 0.25) is 5.91 Å². The molecule has 4 nitrogen and oxygen atoms in total. The molecule has 0 aromatic carbocycles. The van der Waals surface area contributed by atoms with Crippen LogP contribution in [0.4, 0.5) is 0 Å². The van der Waals surface area contributed by atoms with Crippen LogP contribution in [0.2, 0.25) is 0 Å². The van der Waals surface area contributed by atoms with E-state index in [-0.39, 0.29) is 11.9 Å². The van der Waals surface area contributed by atoms with Crippen molar-refractivity contribution in [2.45, 2.75) is 148 Å². The van der Waals surface area contributed by atoms with Crippen LogP contribution < -0.4 is 5.32 Å². The van der Waals surface area contributed by atoms with Crippen molar-refractivity contribution in [2.75, 3.05) is 6.61 Å². The average molecular weight is 424 g/mol. The van der Waals surface area contributed by atoms with Gasteiger partial charge >= 0.3 is 5.97 Å². The Kier molecular flexibility index (Phi) is 17.9. The molecule has 0 unspecified atom stereocenters. The van der Waals surface area contributed by atoms with Gasteiger partial charge < -0.3 is 10.1 Å². The van der Waals surface area contributed by atoms with Gasteiger partial charge in [0.25, 0.3) is 0 Å². The van der Waals surface area contributed by atoms with Crippen molar-refractivity contribution in [1.82, 2.24) is 5.32 Å². The van der Waals surface area contributed by atoms with E-state index in [1.165, 1.54) is 109 Å². The lowest BCUT2D eigenvalue weighted by atomic mass is 10.0. The minimum atomic E-state index is -0.405. The van der Waals surface area contributed by atoms with Crippen molar-refractivity contribution >= 4 is 11.9 Å². The van der Waals surface area contributed by atoms with E-state index in [1.807, 2.05) is 0 Å². The maximum Gasteiger partial charge on any atom is 0.328 e. The van der Waals surface area contributed by atoms with Crippen LogP contribution in [0.5, 0.6) is 0 Å². The molecule has 0 bridgehead atoms. The Morgan fingerprint density at radius 3 is 1.50 bits per heavy atom. The SMILES string of the molecule is CCCCCCCCCCCCCCCCCCCCCOC(=O)[C@@H]1CCC(=O)N1. The number of amides is 1. The van der Waals surface area contributed by atoms with E-state index in [9.17, 15) is 9.59 Å². The summed E-state index contributed by atoms with van der Waals surface area (Å²) in [5, 5.41) is 2.65. The molecule has 4 heteroatoms. The molecule has 1 aliphatic heterocycles. The van der Waals surface area contributed by atoms with Gasteiger partial charge in [-0.05, 0) is 12.8 Å². The van der Waals surface area contributed by atoms with Gasteiger partial charge in [0.15, 0.2) is 0 Å². The van der Waals surface area contributed by atoms with Crippen LogP contribution in [0.15, 0.2) is 0 Å². The minimum absolute atomic E-state index is 0.0413. The Morgan fingerprint density at radius 1 is 0.733 bits per heavy atom. The predicted octanol–water partition coefficient (Wildman–Crippen LogP) is 7.24. The Labute approximate surface area is 186 Å². The standard InChI is InChI=1S/C26H49NO3/c1-2-3-4-5-6-7-8-9-10-11-12-13-14-15-16-17-18-19-20-23-30-26(29)24-21-22-25(28)27-24/h24H,2-23H2,1H3,(H,27,28)/t24-/m0/s1. The molecule has 0 spiro atoms. The number of hydrogen-bond acceptors (Lipinski definition) is 3. The van der Waals surface area contributed by atoms with Gasteiger partial charge in [-0.25, -0.2) is 4.79 Å². The molecule has 1 saturated heterocycles. The molecule has 1 N–H and O–H groups in total. The third kappa shape index (κ3) is 15.7. The lowest BCUT2D eigenvalue weighted by molar-refractivity contribution is -0.146. The molecule has 1 amide bonds. The van der Waals surface area contributed by atoms with Gasteiger partial charge in [0.05, 0.1) is 6.61 Å². The van der Waals surface area contributed by atoms with Crippen molar-refractivity contribution in [2.24, 2.45) is 0 Å². The highest BCUT2D eigenvalue weighted by molar-refractivity contribution is 5.87. The van der Waals surface area contributed by atoms with Crippen LogP contribution in [-0.4, -0.2) is 24.5 Å². The highest BCUT2D eigenvalue weighted by Crippen LogP contribution is 2.15. The van der Waals surface area contributed by atoms with Gasteiger partial charge in [-0.15, -0.1) is 0 Å². The topological polar surface area (TPSA) is 55.4 Å². The normalized spacial score (nSPS) is 16.0. The zero-order chi connectivity index (χ0) is 21.7. The summed E-state index contributed by atoms with van der Waals surface area (Å²) in [6, 6.07) is -0.405. The lowest BCUT2D eigenvalue weighted by Crippen LogP contribution is -2.34. The summed E-state index contributed by atoms with van der Waals surface area (Å²) in [5.41, 5.74) is 0. The number of ether oxygens (including phenoxy) is 1. The van der Waals surface area contributed by atoms with E-state index in [1.54, 1.807) is 0 Å². The second-order valence-corrected chi connectivity index (χ2v) is 9.19. The fourth-order valence-electron chi connectivity index (χ4n) is 4.24. The molecule has 1 atom stereocenters. The van der Waals surface area contributed by atoms with Gasteiger partial charge in [-0.1, -0.05) is 122 Å². The third-order valence-corrected chi connectivity index (χ3v) is 6.27. The first-order chi connectivity index (χ1) is 14.7. The summed E-state index contributed by atoms with van der Waals surface area (Å²) in [7, 11) is 0. The molecule has 0 aliphatic carbocycles. The number of esters is 1. The van der Waals surface area contributed by atoms with Crippen LogP contribution in [0, 0.1) is 0 Å². The van der Waals surface area contributed by atoms with Crippen molar-refractivity contribution in [3.05, 3.63) is 0 Å². The number of unbranched alkanes of at least 4 members (excludes halogenated alkanes) is 18. The number of carbonyl (C=O) groups excluding carboxylic acids is 2. The van der Waals surface area contributed by atoms with Crippen LogP contribution in [-0.2, 0) is 14.3 Å². The molecule has 30 heavy (non-hydrogen) atoms. The molecule has 1 aliphatic rings. The van der Waals surface area contributed by atoms with E-state index < -0.39 is 6.04 Å². The Bertz CT molecular complexity index is 425. The average Bonchev–Trinajstić information content (AvgIpc) is 3.18. The lowest BCUT2D eigenvalue weighted by Gasteiger charge is -2.09. The maximum atomic E-state index is 11.7. The summed E-state index contributed by atoms with van der Waals surface area (Å²) in [5.74, 6) is -0.302. The third-order valence-electron chi connectivity index (χ3n) is 6.27. The van der Waals surface area contributed by atoms with E-state index in [4.69, 9.17) is 4.74 Å². The smallest absolute Gasteiger partial charge is 0.328 e. The highest BCUT2D eigenvalue weighted by Gasteiger charge is 2.28. The molecule has 0 saturated carbocycles. The number of carbonyl (C=O) groups is 2. The Balaban J connectivity index is 1.69. The second kappa shape index (κ2) is 19.9. The molecule has 1 rings (SSSR count). The second-order valence-electron chi connectivity index (χ2n) is 9.19. The van der Waals surface area contributed by atoms with Gasteiger partial charge in [-0.3, -0.25) is 4.79 Å². The number of nitrogens with one attached hydrogen (secondary N) is 1. The van der Waals surface area contributed by atoms with Crippen molar-refractivity contribution in [1.29, 1.82) is 0 Å². The van der Waals surface area contributed by atoms with Crippen molar-refractivity contribution < 1.29 is 14.3 Å². The van der Waals surface area contributed by atoms with Crippen molar-refractivity contribution in [3.63, 3.8) is 0 Å².